The zero-order chi connectivity index (χ0) is 12.3. The maximum atomic E-state index is 3.67. The van der Waals surface area contributed by atoms with Crippen LogP contribution in [-0.4, -0.2) is 12.6 Å². The van der Waals surface area contributed by atoms with Gasteiger partial charge in [0, 0.05) is 6.04 Å². The zero-order valence-corrected chi connectivity index (χ0v) is 11.9. The Morgan fingerprint density at radius 1 is 1.18 bits per heavy atom. The Hall–Kier alpha value is -0.300. The molecule has 0 aliphatic heterocycles. The molecule has 0 saturated carbocycles. The Kier molecular flexibility index (Phi) is 8.42. The molecule has 1 rings (SSSR count). The number of unbranched alkanes of at least 4 members (excludes halogenated alkanes) is 3. The minimum Gasteiger partial charge on any atom is -0.314 e. The quantitative estimate of drug-likeness (QED) is 0.447. The average Bonchev–Trinajstić information content (AvgIpc) is 2.36. The molecule has 0 amide bonds. The first-order valence-electron chi connectivity index (χ1n) is 7.78. The molecule has 1 heteroatoms. The minimum atomic E-state index is 0.737. The molecule has 1 aliphatic rings. The molecule has 100 valence electrons. The van der Waals surface area contributed by atoms with Crippen molar-refractivity contribution >= 4 is 0 Å². The van der Waals surface area contributed by atoms with Gasteiger partial charge in [0.1, 0.15) is 0 Å². The van der Waals surface area contributed by atoms with Crippen molar-refractivity contribution in [3.8, 4) is 0 Å². The molecule has 0 saturated heterocycles. The SMILES string of the molecule is CCCCCCC(CC1=CCCCC1)NCC. The van der Waals surface area contributed by atoms with E-state index in [1.54, 1.807) is 5.57 Å². The molecule has 0 aromatic rings. The maximum Gasteiger partial charge on any atom is 0.0104 e. The fraction of sp³-hybridized carbons (Fsp3) is 0.875. The standard InChI is InChI=1S/C16H31N/c1-3-5-6-10-13-16(17-4-2)14-15-11-8-7-9-12-15/h11,16-17H,3-10,12-14H2,1-2H3. The summed E-state index contributed by atoms with van der Waals surface area (Å²) >= 11 is 0. The molecule has 17 heavy (non-hydrogen) atoms. The molecule has 1 nitrogen and oxygen atoms in total. The van der Waals surface area contributed by atoms with Gasteiger partial charge in [0.15, 0.2) is 0 Å². The van der Waals surface area contributed by atoms with Crippen molar-refractivity contribution in [2.75, 3.05) is 6.54 Å². The monoisotopic (exact) mass is 237 g/mol. The summed E-state index contributed by atoms with van der Waals surface area (Å²) in [5.74, 6) is 0. The van der Waals surface area contributed by atoms with Crippen LogP contribution in [0, 0.1) is 0 Å². The molecular weight excluding hydrogens is 206 g/mol. The van der Waals surface area contributed by atoms with Gasteiger partial charge in [-0.3, -0.25) is 0 Å². The molecule has 0 radical (unpaired) electrons. The van der Waals surface area contributed by atoms with E-state index >= 15 is 0 Å². The van der Waals surface area contributed by atoms with E-state index in [2.05, 4.69) is 25.2 Å². The van der Waals surface area contributed by atoms with Crippen molar-refractivity contribution in [3.63, 3.8) is 0 Å². The molecule has 1 atom stereocenters. The van der Waals surface area contributed by atoms with E-state index in [9.17, 15) is 0 Å². The van der Waals surface area contributed by atoms with Gasteiger partial charge in [-0.1, -0.05) is 51.2 Å². The number of nitrogens with one attached hydrogen (secondary N) is 1. The normalized spacial score (nSPS) is 17.9. The molecule has 0 bridgehead atoms. The molecule has 0 fully saturated rings. The molecular formula is C16H31N. The molecule has 1 unspecified atom stereocenters. The van der Waals surface area contributed by atoms with Crippen molar-refractivity contribution < 1.29 is 0 Å². The van der Waals surface area contributed by atoms with Gasteiger partial charge in [-0.2, -0.15) is 0 Å². The van der Waals surface area contributed by atoms with Gasteiger partial charge in [-0.15, -0.1) is 0 Å². The van der Waals surface area contributed by atoms with Crippen LogP contribution >= 0.6 is 0 Å². The number of hydrogen-bond donors (Lipinski definition) is 1. The predicted molar refractivity (Wildman–Crippen MR) is 77.4 cm³/mol. The van der Waals surface area contributed by atoms with E-state index in [-0.39, 0.29) is 0 Å². The highest BCUT2D eigenvalue weighted by molar-refractivity contribution is 5.06. The van der Waals surface area contributed by atoms with Gasteiger partial charge in [-0.05, 0) is 45.1 Å². The van der Waals surface area contributed by atoms with E-state index < -0.39 is 0 Å². The van der Waals surface area contributed by atoms with Crippen molar-refractivity contribution in [2.45, 2.75) is 84.1 Å². The summed E-state index contributed by atoms with van der Waals surface area (Å²) in [5, 5.41) is 3.67. The minimum absolute atomic E-state index is 0.737. The van der Waals surface area contributed by atoms with E-state index in [4.69, 9.17) is 0 Å². The van der Waals surface area contributed by atoms with Gasteiger partial charge >= 0.3 is 0 Å². The second kappa shape index (κ2) is 9.70. The highest BCUT2D eigenvalue weighted by Crippen LogP contribution is 2.23. The Balaban J connectivity index is 2.23. The summed E-state index contributed by atoms with van der Waals surface area (Å²) in [6.45, 7) is 5.63. The summed E-state index contributed by atoms with van der Waals surface area (Å²) in [5.41, 5.74) is 1.72. The van der Waals surface area contributed by atoms with Crippen molar-refractivity contribution in [1.82, 2.24) is 5.32 Å². The van der Waals surface area contributed by atoms with Crippen LogP contribution in [0.3, 0.4) is 0 Å². The highest BCUT2D eigenvalue weighted by Gasteiger charge is 2.11. The fourth-order valence-corrected chi connectivity index (χ4v) is 2.79. The van der Waals surface area contributed by atoms with E-state index in [1.807, 2.05) is 0 Å². The van der Waals surface area contributed by atoms with Gasteiger partial charge in [0.25, 0.3) is 0 Å². The van der Waals surface area contributed by atoms with Gasteiger partial charge in [0.05, 0.1) is 0 Å². The first-order chi connectivity index (χ1) is 8.36. The Morgan fingerprint density at radius 3 is 2.71 bits per heavy atom. The van der Waals surface area contributed by atoms with Crippen LogP contribution in [0.25, 0.3) is 0 Å². The second-order valence-electron chi connectivity index (χ2n) is 5.42. The number of allylic oxidation sites excluding steroid dienone is 1. The smallest absolute Gasteiger partial charge is 0.0104 e. The van der Waals surface area contributed by atoms with Crippen LogP contribution in [0.15, 0.2) is 11.6 Å². The van der Waals surface area contributed by atoms with Crippen LogP contribution in [0.1, 0.15) is 78.1 Å². The van der Waals surface area contributed by atoms with E-state index in [1.165, 1.54) is 64.2 Å². The van der Waals surface area contributed by atoms with E-state index in [0.717, 1.165) is 12.6 Å². The lowest BCUT2D eigenvalue weighted by Crippen LogP contribution is -2.29. The van der Waals surface area contributed by atoms with Crippen LogP contribution < -0.4 is 5.32 Å². The van der Waals surface area contributed by atoms with E-state index in [0.29, 0.717) is 0 Å². The fourth-order valence-electron chi connectivity index (χ4n) is 2.79. The third kappa shape index (κ3) is 6.88. The number of rotatable bonds is 9. The molecule has 0 heterocycles. The van der Waals surface area contributed by atoms with Gasteiger partial charge < -0.3 is 5.32 Å². The first-order valence-corrected chi connectivity index (χ1v) is 7.78. The molecule has 0 aromatic carbocycles. The molecule has 0 spiro atoms. The summed E-state index contributed by atoms with van der Waals surface area (Å²) in [6.07, 6.45) is 16.2. The first kappa shape index (κ1) is 14.8. The van der Waals surface area contributed by atoms with Crippen LogP contribution in [0.4, 0.5) is 0 Å². The van der Waals surface area contributed by atoms with Crippen molar-refractivity contribution in [2.24, 2.45) is 0 Å². The van der Waals surface area contributed by atoms with Crippen LogP contribution in [0.5, 0.6) is 0 Å². The maximum absolute atomic E-state index is 3.67. The Morgan fingerprint density at radius 2 is 2.06 bits per heavy atom. The molecule has 1 aliphatic carbocycles. The van der Waals surface area contributed by atoms with Gasteiger partial charge in [-0.25, -0.2) is 0 Å². The summed E-state index contributed by atoms with van der Waals surface area (Å²) in [6, 6.07) is 0.737. The third-order valence-electron chi connectivity index (χ3n) is 3.79. The largest absolute Gasteiger partial charge is 0.314 e. The lowest BCUT2D eigenvalue weighted by molar-refractivity contribution is 0.453. The molecule has 1 N–H and O–H groups in total. The van der Waals surface area contributed by atoms with Crippen molar-refractivity contribution in [3.05, 3.63) is 11.6 Å². The summed E-state index contributed by atoms with van der Waals surface area (Å²) < 4.78 is 0. The number of hydrogen-bond acceptors (Lipinski definition) is 1. The average molecular weight is 237 g/mol. The Labute approximate surface area is 108 Å². The third-order valence-corrected chi connectivity index (χ3v) is 3.79. The Bertz CT molecular complexity index is 208. The lowest BCUT2D eigenvalue weighted by Gasteiger charge is -2.21. The molecule has 0 aromatic heterocycles. The summed E-state index contributed by atoms with van der Waals surface area (Å²) in [7, 11) is 0. The second-order valence-corrected chi connectivity index (χ2v) is 5.42. The van der Waals surface area contributed by atoms with Gasteiger partial charge in [0.2, 0.25) is 0 Å². The topological polar surface area (TPSA) is 12.0 Å². The van der Waals surface area contributed by atoms with Crippen LogP contribution in [-0.2, 0) is 0 Å². The van der Waals surface area contributed by atoms with Crippen molar-refractivity contribution in [1.29, 1.82) is 0 Å². The summed E-state index contributed by atoms with van der Waals surface area (Å²) in [4.78, 5) is 0. The highest BCUT2D eigenvalue weighted by atomic mass is 14.9. The predicted octanol–water partition coefficient (Wildman–Crippen LogP) is 4.83. The lowest BCUT2D eigenvalue weighted by atomic mass is 9.92. The van der Waals surface area contributed by atoms with Crippen LogP contribution in [0.2, 0.25) is 0 Å². The zero-order valence-electron chi connectivity index (χ0n) is 11.9.